The molecule has 1 aliphatic carbocycles. The number of ether oxygens (including phenoxy) is 1. The molecule has 1 aromatic rings. The molecule has 0 aromatic heterocycles. The quantitative estimate of drug-likeness (QED) is 0.600. The molecule has 3 N–H and O–H groups in total. The second kappa shape index (κ2) is 8.10. The lowest BCUT2D eigenvalue weighted by atomic mass is 10.1. The number of amides is 1. The first kappa shape index (κ1) is 15.9. The molecule has 2 rings (SSSR count). The average Bonchev–Trinajstić information content (AvgIpc) is 2.97. The second-order valence-electron chi connectivity index (χ2n) is 5.43. The highest BCUT2D eigenvalue weighted by Gasteiger charge is 2.15. The van der Waals surface area contributed by atoms with Crippen molar-refractivity contribution in [2.45, 2.75) is 32.1 Å². The average molecular weight is 306 g/mol. The molecule has 0 atom stereocenters. The Balaban J connectivity index is 1.73. The standard InChI is InChI=1S/C16H22N2O2S/c17-16(21)13-7-3-4-8-14(13)18-15(19)9-10-20-11-12-5-1-2-6-12/h3-4,7-8,12H,1-2,5-6,9-11H2,(H2,17,21)(H,18,19). The second-order valence-corrected chi connectivity index (χ2v) is 5.87. The van der Waals surface area contributed by atoms with Gasteiger partial charge in [-0.25, -0.2) is 0 Å². The third-order valence-corrected chi connectivity index (χ3v) is 3.99. The van der Waals surface area contributed by atoms with Crippen molar-refractivity contribution in [1.82, 2.24) is 0 Å². The van der Waals surface area contributed by atoms with Crippen LogP contribution in [0.2, 0.25) is 0 Å². The van der Waals surface area contributed by atoms with Gasteiger partial charge in [-0.05, 0) is 30.9 Å². The Hall–Kier alpha value is -1.46. The number of rotatable bonds is 7. The van der Waals surface area contributed by atoms with Crippen molar-refractivity contribution < 1.29 is 9.53 Å². The zero-order chi connectivity index (χ0) is 15.1. The van der Waals surface area contributed by atoms with E-state index in [1.165, 1.54) is 25.7 Å². The number of hydrogen-bond donors (Lipinski definition) is 2. The molecule has 5 heteroatoms. The van der Waals surface area contributed by atoms with Gasteiger partial charge >= 0.3 is 0 Å². The first-order chi connectivity index (χ1) is 10.2. The zero-order valence-electron chi connectivity index (χ0n) is 12.1. The summed E-state index contributed by atoms with van der Waals surface area (Å²) in [5.41, 5.74) is 6.98. The van der Waals surface area contributed by atoms with Gasteiger partial charge < -0.3 is 15.8 Å². The molecule has 21 heavy (non-hydrogen) atoms. The van der Waals surface area contributed by atoms with Gasteiger partial charge in [0.25, 0.3) is 0 Å². The Bertz CT molecular complexity index is 499. The summed E-state index contributed by atoms with van der Waals surface area (Å²) in [5, 5.41) is 2.83. The van der Waals surface area contributed by atoms with Gasteiger partial charge in [0.1, 0.15) is 4.99 Å². The van der Waals surface area contributed by atoms with Crippen LogP contribution in [0.25, 0.3) is 0 Å². The molecule has 1 aliphatic rings. The molecule has 0 radical (unpaired) electrons. The van der Waals surface area contributed by atoms with Gasteiger partial charge in [-0.1, -0.05) is 37.2 Å². The lowest BCUT2D eigenvalue weighted by Gasteiger charge is -2.11. The molecule has 1 amide bonds. The summed E-state index contributed by atoms with van der Waals surface area (Å²) >= 11 is 4.97. The molecule has 114 valence electrons. The number of carbonyl (C=O) groups excluding carboxylic acids is 1. The molecule has 0 saturated heterocycles. The first-order valence-corrected chi connectivity index (χ1v) is 7.84. The normalized spacial score (nSPS) is 15.0. The van der Waals surface area contributed by atoms with E-state index in [1.54, 1.807) is 12.1 Å². The van der Waals surface area contributed by atoms with E-state index >= 15 is 0 Å². The van der Waals surface area contributed by atoms with Gasteiger partial charge in [0.05, 0.1) is 18.7 Å². The molecule has 1 saturated carbocycles. The summed E-state index contributed by atoms with van der Waals surface area (Å²) in [6, 6.07) is 7.28. The van der Waals surface area contributed by atoms with E-state index in [0.29, 0.717) is 30.2 Å². The SMILES string of the molecule is NC(=S)c1ccccc1NC(=O)CCOCC1CCCC1. The smallest absolute Gasteiger partial charge is 0.226 e. The van der Waals surface area contributed by atoms with Crippen LogP contribution in [0.1, 0.15) is 37.7 Å². The van der Waals surface area contributed by atoms with Crippen molar-refractivity contribution in [3.05, 3.63) is 29.8 Å². The van der Waals surface area contributed by atoms with E-state index in [1.807, 2.05) is 12.1 Å². The molecule has 4 nitrogen and oxygen atoms in total. The van der Waals surface area contributed by atoms with Gasteiger partial charge in [-0.2, -0.15) is 0 Å². The monoisotopic (exact) mass is 306 g/mol. The molecular weight excluding hydrogens is 284 g/mol. The molecule has 1 aromatic carbocycles. The number of thiocarbonyl (C=S) groups is 1. The van der Waals surface area contributed by atoms with Crippen molar-refractivity contribution in [2.24, 2.45) is 11.7 Å². The minimum Gasteiger partial charge on any atom is -0.389 e. The van der Waals surface area contributed by atoms with E-state index in [2.05, 4.69) is 5.32 Å². The number of carbonyl (C=O) groups is 1. The van der Waals surface area contributed by atoms with E-state index in [4.69, 9.17) is 22.7 Å². The van der Waals surface area contributed by atoms with Gasteiger partial charge in [0, 0.05) is 12.2 Å². The van der Waals surface area contributed by atoms with Crippen molar-refractivity contribution in [1.29, 1.82) is 0 Å². The topological polar surface area (TPSA) is 64.3 Å². The predicted octanol–water partition coefficient (Wildman–Crippen LogP) is 2.86. The van der Waals surface area contributed by atoms with Gasteiger partial charge in [-0.15, -0.1) is 0 Å². The highest BCUT2D eigenvalue weighted by Crippen LogP contribution is 2.24. The van der Waals surface area contributed by atoms with Crippen molar-refractivity contribution in [3.63, 3.8) is 0 Å². The summed E-state index contributed by atoms with van der Waals surface area (Å²) in [5.74, 6) is 0.605. The molecule has 0 spiro atoms. The Morgan fingerprint density at radius 1 is 1.33 bits per heavy atom. The van der Waals surface area contributed by atoms with Gasteiger partial charge in [0.15, 0.2) is 0 Å². The van der Waals surface area contributed by atoms with Crippen LogP contribution < -0.4 is 11.1 Å². The van der Waals surface area contributed by atoms with Crippen LogP contribution >= 0.6 is 12.2 Å². The summed E-state index contributed by atoms with van der Waals surface area (Å²) in [7, 11) is 0. The fourth-order valence-electron chi connectivity index (χ4n) is 2.61. The highest BCUT2D eigenvalue weighted by atomic mass is 32.1. The van der Waals surface area contributed by atoms with Crippen LogP contribution in [0.5, 0.6) is 0 Å². The minimum atomic E-state index is -0.0786. The molecular formula is C16H22N2O2S. The molecule has 1 fully saturated rings. The maximum atomic E-state index is 11.9. The number of para-hydroxylation sites is 1. The molecule has 0 aliphatic heterocycles. The van der Waals surface area contributed by atoms with Crippen LogP contribution in [0, 0.1) is 5.92 Å². The molecule has 0 bridgehead atoms. The fourth-order valence-corrected chi connectivity index (χ4v) is 2.79. The van der Waals surface area contributed by atoms with Crippen molar-refractivity contribution in [2.75, 3.05) is 18.5 Å². The van der Waals surface area contributed by atoms with Crippen LogP contribution in [0.3, 0.4) is 0 Å². The zero-order valence-corrected chi connectivity index (χ0v) is 13.0. The number of nitrogens with two attached hydrogens (primary N) is 1. The first-order valence-electron chi connectivity index (χ1n) is 7.43. The van der Waals surface area contributed by atoms with E-state index in [-0.39, 0.29) is 10.9 Å². The summed E-state index contributed by atoms with van der Waals surface area (Å²) in [4.78, 5) is 12.2. The minimum absolute atomic E-state index is 0.0786. The fraction of sp³-hybridized carbons (Fsp3) is 0.500. The van der Waals surface area contributed by atoms with Crippen LogP contribution in [-0.2, 0) is 9.53 Å². The van der Waals surface area contributed by atoms with Crippen LogP contribution in [0.15, 0.2) is 24.3 Å². The maximum absolute atomic E-state index is 11.9. The Morgan fingerprint density at radius 3 is 2.76 bits per heavy atom. The number of hydrogen-bond acceptors (Lipinski definition) is 3. The van der Waals surface area contributed by atoms with E-state index < -0.39 is 0 Å². The number of benzene rings is 1. The van der Waals surface area contributed by atoms with Crippen molar-refractivity contribution >= 4 is 28.8 Å². The van der Waals surface area contributed by atoms with E-state index in [0.717, 1.165) is 6.61 Å². The Kier molecular flexibility index (Phi) is 6.14. The molecule has 0 heterocycles. The Morgan fingerprint density at radius 2 is 2.05 bits per heavy atom. The van der Waals surface area contributed by atoms with Crippen LogP contribution in [0.4, 0.5) is 5.69 Å². The highest BCUT2D eigenvalue weighted by molar-refractivity contribution is 7.80. The third kappa shape index (κ3) is 5.10. The Labute approximate surface area is 131 Å². The number of nitrogens with one attached hydrogen (secondary N) is 1. The van der Waals surface area contributed by atoms with Crippen molar-refractivity contribution in [3.8, 4) is 0 Å². The maximum Gasteiger partial charge on any atom is 0.226 e. The third-order valence-electron chi connectivity index (χ3n) is 3.77. The lowest BCUT2D eigenvalue weighted by molar-refractivity contribution is -0.117. The predicted molar refractivity (Wildman–Crippen MR) is 88.4 cm³/mol. The van der Waals surface area contributed by atoms with Gasteiger partial charge in [0.2, 0.25) is 5.91 Å². The number of anilines is 1. The summed E-state index contributed by atoms with van der Waals surface area (Å²) in [6.45, 7) is 1.23. The van der Waals surface area contributed by atoms with Gasteiger partial charge in [-0.3, -0.25) is 4.79 Å². The molecule has 0 unspecified atom stereocenters. The lowest BCUT2D eigenvalue weighted by Crippen LogP contribution is -2.19. The van der Waals surface area contributed by atoms with Crippen LogP contribution in [-0.4, -0.2) is 24.1 Å². The largest absolute Gasteiger partial charge is 0.389 e. The summed E-state index contributed by atoms with van der Waals surface area (Å²) in [6.07, 6.45) is 5.48. The summed E-state index contributed by atoms with van der Waals surface area (Å²) < 4.78 is 5.59. The van der Waals surface area contributed by atoms with E-state index in [9.17, 15) is 4.79 Å².